The van der Waals surface area contributed by atoms with Gasteiger partial charge in [0.15, 0.2) is 11.5 Å². The lowest BCUT2D eigenvalue weighted by Crippen LogP contribution is -2.40. The fourth-order valence-corrected chi connectivity index (χ4v) is 1.64. The first-order valence-electron chi connectivity index (χ1n) is 5.03. The largest absolute Gasteiger partial charge is 0.504 e. The molecule has 2 unspecified atom stereocenters. The summed E-state index contributed by atoms with van der Waals surface area (Å²) in [5, 5.41) is 21.8. The number of hydrogen-bond donors (Lipinski definition) is 3. The number of ether oxygens (including phenoxy) is 1. The zero-order chi connectivity index (χ0) is 10.8. The Hall–Kier alpha value is -1.26. The SMILES string of the molecule is CC1COC(c2ccc(O)c(O)c2)CN1. The normalized spacial score (nSPS) is 26.5. The molecule has 82 valence electrons. The molecule has 0 aromatic heterocycles. The van der Waals surface area contributed by atoms with Crippen molar-refractivity contribution in [2.24, 2.45) is 0 Å². The van der Waals surface area contributed by atoms with E-state index in [2.05, 4.69) is 12.2 Å². The smallest absolute Gasteiger partial charge is 0.157 e. The number of morpholine rings is 1. The molecule has 1 aromatic carbocycles. The maximum absolute atomic E-state index is 9.36. The first-order chi connectivity index (χ1) is 7.16. The Kier molecular flexibility index (Phi) is 2.79. The second kappa shape index (κ2) is 4.08. The summed E-state index contributed by atoms with van der Waals surface area (Å²) in [6.45, 7) is 3.45. The molecule has 4 heteroatoms. The van der Waals surface area contributed by atoms with Gasteiger partial charge in [-0.25, -0.2) is 0 Å². The zero-order valence-corrected chi connectivity index (χ0v) is 8.60. The van der Waals surface area contributed by atoms with Gasteiger partial charge in [0.05, 0.1) is 12.7 Å². The van der Waals surface area contributed by atoms with Crippen LogP contribution in [0.4, 0.5) is 0 Å². The van der Waals surface area contributed by atoms with E-state index in [1.54, 1.807) is 6.07 Å². The Morgan fingerprint density at radius 1 is 1.33 bits per heavy atom. The standard InChI is InChI=1S/C11H15NO3/c1-7-6-15-11(5-12-7)8-2-3-9(13)10(14)4-8/h2-4,7,11-14H,5-6H2,1H3. The zero-order valence-electron chi connectivity index (χ0n) is 8.60. The number of rotatable bonds is 1. The van der Waals surface area contributed by atoms with Gasteiger partial charge in [0, 0.05) is 12.6 Å². The summed E-state index contributed by atoms with van der Waals surface area (Å²) in [4.78, 5) is 0. The van der Waals surface area contributed by atoms with Gasteiger partial charge in [-0.3, -0.25) is 0 Å². The second-order valence-electron chi connectivity index (χ2n) is 3.88. The van der Waals surface area contributed by atoms with Gasteiger partial charge in [0.25, 0.3) is 0 Å². The van der Waals surface area contributed by atoms with E-state index >= 15 is 0 Å². The fourth-order valence-electron chi connectivity index (χ4n) is 1.64. The topological polar surface area (TPSA) is 61.7 Å². The summed E-state index contributed by atoms with van der Waals surface area (Å²) < 4.78 is 5.62. The lowest BCUT2D eigenvalue weighted by molar-refractivity contribution is 0.00683. The van der Waals surface area contributed by atoms with Crippen molar-refractivity contribution >= 4 is 0 Å². The van der Waals surface area contributed by atoms with Gasteiger partial charge in [-0.05, 0) is 24.6 Å². The van der Waals surface area contributed by atoms with Crippen molar-refractivity contribution < 1.29 is 14.9 Å². The van der Waals surface area contributed by atoms with Gasteiger partial charge in [0.1, 0.15) is 0 Å². The molecule has 1 aromatic rings. The Morgan fingerprint density at radius 2 is 2.13 bits per heavy atom. The highest BCUT2D eigenvalue weighted by atomic mass is 16.5. The fraction of sp³-hybridized carbons (Fsp3) is 0.455. The molecule has 1 aliphatic rings. The van der Waals surface area contributed by atoms with Crippen LogP contribution in [-0.2, 0) is 4.74 Å². The van der Waals surface area contributed by atoms with Crippen LogP contribution in [0.25, 0.3) is 0 Å². The summed E-state index contributed by atoms with van der Waals surface area (Å²) in [6, 6.07) is 5.15. The third-order valence-corrected chi connectivity index (χ3v) is 2.57. The van der Waals surface area contributed by atoms with Crippen LogP contribution in [0.1, 0.15) is 18.6 Å². The summed E-state index contributed by atoms with van der Waals surface area (Å²) in [5.74, 6) is -0.203. The highest BCUT2D eigenvalue weighted by molar-refractivity contribution is 5.41. The molecule has 0 radical (unpaired) electrons. The molecule has 1 aliphatic heterocycles. The molecule has 0 spiro atoms. The predicted molar refractivity (Wildman–Crippen MR) is 55.9 cm³/mol. The minimum absolute atomic E-state index is 0.0484. The molecular weight excluding hydrogens is 194 g/mol. The molecule has 2 rings (SSSR count). The van der Waals surface area contributed by atoms with Gasteiger partial charge >= 0.3 is 0 Å². The lowest BCUT2D eigenvalue weighted by Gasteiger charge is -2.28. The molecule has 1 saturated heterocycles. The molecule has 3 N–H and O–H groups in total. The van der Waals surface area contributed by atoms with Gasteiger partial charge in [0.2, 0.25) is 0 Å². The quantitative estimate of drug-likeness (QED) is 0.607. The third kappa shape index (κ3) is 2.22. The molecule has 2 atom stereocenters. The van der Waals surface area contributed by atoms with Gasteiger partial charge in [-0.15, -0.1) is 0 Å². The Morgan fingerprint density at radius 3 is 2.73 bits per heavy atom. The maximum Gasteiger partial charge on any atom is 0.157 e. The van der Waals surface area contributed by atoms with Crippen LogP contribution >= 0.6 is 0 Å². The molecule has 0 bridgehead atoms. The summed E-state index contributed by atoms with van der Waals surface area (Å²) in [7, 11) is 0. The first kappa shape index (κ1) is 10.3. The van der Waals surface area contributed by atoms with Gasteiger partial charge in [-0.2, -0.15) is 0 Å². The molecule has 0 amide bonds. The summed E-state index contributed by atoms with van der Waals surface area (Å²) >= 11 is 0. The van der Waals surface area contributed by atoms with Crippen LogP contribution in [0.15, 0.2) is 18.2 Å². The second-order valence-corrected chi connectivity index (χ2v) is 3.88. The van der Waals surface area contributed by atoms with E-state index in [-0.39, 0.29) is 17.6 Å². The number of phenolic OH excluding ortho intramolecular Hbond substituents is 2. The molecule has 1 heterocycles. The van der Waals surface area contributed by atoms with E-state index in [0.717, 1.165) is 12.1 Å². The average molecular weight is 209 g/mol. The van der Waals surface area contributed by atoms with E-state index in [1.807, 2.05) is 0 Å². The number of aromatic hydroxyl groups is 2. The van der Waals surface area contributed by atoms with Crippen LogP contribution in [0.2, 0.25) is 0 Å². The van der Waals surface area contributed by atoms with Crippen LogP contribution in [0, 0.1) is 0 Å². The molecule has 4 nitrogen and oxygen atoms in total. The Bertz CT molecular complexity index is 346. The van der Waals surface area contributed by atoms with Crippen LogP contribution in [0.5, 0.6) is 11.5 Å². The lowest BCUT2D eigenvalue weighted by atomic mass is 10.1. The van der Waals surface area contributed by atoms with Crippen molar-refractivity contribution in [3.63, 3.8) is 0 Å². The Balaban J connectivity index is 2.12. The summed E-state index contributed by atoms with van der Waals surface area (Å²) in [5.41, 5.74) is 0.879. The monoisotopic (exact) mass is 209 g/mol. The molecule has 15 heavy (non-hydrogen) atoms. The minimum Gasteiger partial charge on any atom is -0.504 e. The van der Waals surface area contributed by atoms with E-state index in [4.69, 9.17) is 4.74 Å². The molecule has 0 aliphatic carbocycles. The highest BCUT2D eigenvalue weighted by Crippen LogP contribution is 2.29. The van der Waals surface area contributed by atoms with Crippen LogP contribution in [-0.4, -0.2) is 29.4 Å². The maximum atomic E-state index is 9.36. The van der Waals surface area contributed by atoms with Gasteiger partial charge in [-0.1, -0.05) is 6.07 Å². The number of benzene rings is 1. The van der Waals surface area contributed by atoms with E-state index < -0.39 is 0 Å². The number of nitrogens with one attached hydrogen (secondary N) is 1. The minimum atomic E-state index is -0.102. The third-order valence-electron chi connectivity index (χ3n) is 2.57. The van der Waals surface area contributed by atoms with Crippen molar-refractivity contribution in [1.82, 2.24) is 5.32 Å². The van der Waals surface area contributed by atoms with Crippen molar-refractivity contribution in [2.75, 3.05) is 13.2 Å². The van der Waals surface area contributed by atoms with E-state index in [1.165, 1.54) is 12.1 Å². The predicted octanol–water partition coefficient (Wildman–Crippen LogP) is 1.15. The van der Waals surface area contributed by atoms with Crippen molar-refractivity contribution in [1.29, 1.82) is 0 Å². The Labute approximate surface area is 88.5 Å². The summed E-state index contributed by atoms with van der Waals surface area (Å²) in [6.07, 6.45) is -0.0484. The van der Waals surface area contributed by atoms with Crippen molar-refractivity contribution in [3.8, 4) is 11.5 Å². The molecule has 0 saturated carbocycles. The van der Waals surface area contributed by atoms with Crippen molar-refractivity contribution in [2.45, 2.75) is 19.1 Å². The van der Waals surface area contributed by atoms with E-state index in [0.29, 0.717) is 12.6 Å². The molecular formula is C11H15NO3. The van der Waals surface area contributed by atoms with E-state index in [9.17, 15) is 10.2 Å². The highest BCUT2D eigenvalue weighted by Gasteiger charge is 2.20. The first-order valence-corrected chi connectivity index (χ1v) is 5.03. The number of phenols is 2. The van der Waals surface area contributed by atoms with Crippen LogP contribution < -0.4 is 5.32 Å². The molecule has 1 fully saturated rings. The number of hydrogen-bond acceptors (Lipinski definition) is 4. The van der Waals surface area contributed by atoms with Gasteiger partial charge < -0.3 is 20.3 Å². The average Bonchev–Trinajstić information content (AvgIpc) is 2.23. The van der Waals surface area contributed by atoms with Crippen molar-refractivity contribution in [3.05, 3.63) is 23.8 Å². The van der Waals surface area contributed by atoms with Crippen LogP contribution in [0.3, 0.4) is 0 Å².